The molecule has 1 saturated heterocycles. The summed E-state index contributed by atoms with van der Waals surface area (Å²) in [4.78, 5) is 0.187. The minimum Gasteiger partial charge on any atom is -0.383 e. The van der Waals surface area contributed by atoms with Crippen molar-refractivity contribution in [3.63, 3.8) is 0 Å². The summed E-state index contributed by atoms with van der Waals surface area (Å²) in [6.07, 6.45) is 2.35. The SMILES string of the molecule is Cc1ccc(NCC2CCCN2)cc1S(N)(=O)=O. The Bertz CT molecular complexity index is 522. The molecule has 6 heteroatoms. The summed E-state index contributed by atoms with van der Waals surface area (Å²) < 4.78 is 22.8. The largest absolute Gasteiger partial charge is 0.383 e. The fourth-order valence-corrected chi connectivity index (χ4v) is 3.00. The Morgan fingerprint density at radius 3 is 2.89 bits per heavy atom. The summed E-state index contributed by atoms with van der Waals surface area (Å²) in [5, 5.41) is 11.8. The van der Waals surface area contributed by atoms with Crippen LogP contribution in [0.5, 0.6) is 0 Å². The third-order valence-corrected chi connectivity index (χ3v) is 4.26. The van der Waals surface area contributed by atoms with Gasteiger partial charge in [0.1, 0.15) is 0 Å². The maximum absolute atomic E-state index is 11.4. The molecule has 1 aromatic carbocycles. The van der Waals surface area contributed by atoms with E-state index >= 15 is 0 Å². The molecule has 18 heavy (non-hydrogen) atoms. The van der Waals surface area contributed by atoms with Gasteiger partial charge in [0.25, 0.3) is 0 Å². The van der Waals surface area contributed by atoms with Gasteiger partial charge in [-0.15, -0.1) is 0 Å². The lowest BCUT2D eigenvalue weighted by Crippen LogP contribution is -2.29. The summed E-state index contributed by atoms with van der Waals surface area (Å²) >= 11 is 0. The van der Waals surface area contributed by atoms with Crippen molar-refractivity contribution in [2.24, 2.45) is 5.14 Å². The standard InChI is InChI=1S/C12H19N3O2S/c1-9-4-5-10(7-12(9)18(13,16)17)15-8-11-3-2-6-14-11/h4-5,7,11,14-15H,2-3,6,8H2,1H3,(H2,13,16,17). The van der Waals surface area contributed by atoms with Gasteiger partial charge in [-0.25, -0.2) is 13.6 Å². The first-order valence-electron chi connectivity index (χ1n) is 6.07. The maximum Gasteiger partial charge on any atom is 0.238 e. The Hall–Kier alpha value is -1.11. The van der Waals surface area contributed by atoms with Crippen molar-refractivity contribution >= 4 is 15.7 Å². The van der Waals surface area contributed by atoms with E-state index in [1.165, 1.54) is 6.42 Å². The van der Waals surface area contributed by atoms with Gasteiger partial charge in [0.05, 0.1) is 4.90 Å². The molecular formula is C12H19N3O2S. The number of sulfonamides is 1. The number of nitrogens with one attached hydrogen (secondary N) is 2. The molecule has 1 aliphatic heterocycles. The van der Waals surface area contributed by atoms with E-state index in [-0.39, 0.29) is 4.90 Å². The number of hydrogen-bond acceptors (Lipinski definition) is 4. The van der Waals surface area contributed by atoms with Gasteiger partial charge < -0.3 is 10.6 Å². The third-order valence-electron chi connectivity index (χ3n) is 3.21. The molecule has 1 aliphatic rings. The zero-order valence-corrected chi connectivity index (χ0v) is 11.3. The van der Waals surface area contributed by atoms with Crippen LogP contribution in [0.1, 0.15) is 18.4 Å². The molecule has 0 amide bonds. The average molecular weight is 269 g/mol. The van der Waals surface area contributed by atoms with Crippen LogP contribution in [0.25, 0.3) is 0 Å². The van der Waals surface area contributed by atoms with Crippen LogP contribution in [-0.4, -0.2) is 27.5 Å². The number of aryl methyl sites for hydroxylation is 1. The predicted octanol–water partition coefficient (Wildman–Crippen LogP) is 0.806. The number of hydrogen-bond donors (Lipinski definition) is 3. The van der Waals surface area contributed by atoms with Crippen molar-refractivity contribution < 1.29 is 8.42 Å². The van der Waals surface area contributed by atoms with E-state index in [4.69, 9.17) is 5.14 Å². The Kier molecular flexibility index (Phi) is 3.89. The van der Waals surface area contributed by atoms with Gasteiger partial charge in [-0.05, 0) is 44.0 Å². The number of nitrogens with two attached hydrogens (primary N) is 1. The highest BCUT2D eigenvalue weighted by molar-refractivity contribution is 7.89. The molecule has 1 atom stereocenters. The minimum atomic E-state index is -3.65. The molecule has 1 fully saturated rings. The average Bonchev–Trinajstić information content (AvgIpc) is 2.79. The molecule has 0 saturated carbocycles. The van der Waals surface area contributed by atoms with Crippen LogP contribution in [0.15, 0.2) is 23.1 Å². The highest BCUT2D eigenvalue weighted by Crippen LogP contribution is 2.19. The van der Waals surface area contributed by atoms with Gasteiger partial charge in [0.15, 0.2) is 0 Å². The van der Waals surface area contributed by atoms with Crippen LogP contribution in [0.4, 0.5) is 5.69 Å². The van der Waals surface area contributed by atoms with Crippen LogP contribution in [0.2, 0.25) is 0 Å². The second kappa shape index (κ2) is 5.26. The van der Waals surface area contributed by atoms with Gasteiger partial charge in [0, 0.05) is 18.3 Å². The monoisotopic (exact) mass is 269 g/mol. The van der Waals surface area contributed by atoms with E-state index in [0.717, 1.165) is 25.2 Å². The fourth-order valence-electron chi connectivity index (χ4n) is 2.19. The third kappa shape index (κ3) is 3.22. The molecule has 0 radical (unpaired) electrons. The molecule has 4 N–H and O–H groups in total. The lowest BCUT2D eigenvalue weighted by molar-refractivity contribution is 0.597. The molecule has 1 unspecified atom stereocenters. The molecule has 0 aliphatic carbocycles. The van der Waals surface area contributed by atoms with Gasteiger partial charge in [-0.1, -0.05) is 6.07 Å². The molecule has 2 rings (SSSR count). The molecule has 0 spiro atoms. The van der Waals surface area contributed by atoms with Crippen LogP contribution in [0, 0.1) is 6.92 Å². The molecule has 0 bridgehead atoms. The van der Waals surface area contributed by atoms with Crippen molar-refractivity contribution in [1.29, 1.82) is 0 Å². The maximum atomic E-state index is 11.4. The minimum absolute atomic E-state index is 0.187. The van der Waals surface area contributed by atoms with Crippen molar-refractivity contribution in [3.8, 4) is 0 Å². The first-order chi connectivity index (χ1) is 8.47. The summed E-state index contributed by atoms with van der Waals surface area (Å²) in [5.41, 5.74) is 1.46. The molecule has 5 nitrogen and oxygen atoms in total. The van der Waals surface area contributed by atoms with Gasteiger partial charge >= 0.3 is 0 Å². The first kappa shape index (κ1) is 13.3. The fraction of sp³-hybridized carbons (Fsp3) is 0.500. The van der Waals surface area contributed by atoms with E-state index in [1.54, 1.807) is 19.1 Å². The molecular weight excluding hydrogens is 250 g/mol. The second-order valence-electron chi connectivity index (χ2n) is 4.70. The van der Waals surface area contributed by atoms with E-state index in [9.17, 15) is 8.42 Å². The summed E-state index contributed by atoms with van der Waals surface area (Å²) in [7, 11) is -3.65. The zero-order chi connectivity index (χ0) is 13.2. The summed E-state index contributed by atoms with van der Waals surface area (Å²) in [6, 6.07) is 5.70. The number of primary sulfonamides is 1. The zero-order valence-electron chi connectivity index (χ0n) is 10.4. The topological polar surface area (TPSA) is 84.2 Å². The Balaban J connectivity index is 2.09. The lowest BCUT2D eigenvalue weighted by Gasteiger charge is -2.14. The highest BCUT2D eigenvalue weighted by atomic mass is 32.2. The van der Waals surface area contributed by atoms with E-state index < -0.39 is 10.0 Å². The molecule has 0 aromatic heterocycles. The Labute approximate surface area is 108 Å². The van der Waals surface area contributed by atoms with Gasteiger partial charge in [0.2, 0.25) is 10.0 Å². The predicted molar refractivity (Wildman–Crippen MR) is 72.1 cm³/mol. The van der Waals surface area contributed by atoms with Crippen LogP contribution < -0.4 is 15.8 Å². The Morgan fingerprint density at radius 1 is 1.50 bits per heavy atom. The molecule has 1 aromatic rings. The number of anilines is 1. The first-order valence-corrected chi connectivity index (χ1v) is 7.62. The molecule has 1 heterocycles. The van der Waals surface area contributed by atoms with Gasteiger partial charge in [-0.3, -0.25) is 0 Å². The normalized spacial score (nSPS) is 20.0. The van der Waals surface area contributed by atoms with Crippen molar-refractivity contribution in [2.75, 3.05) is 18.4 Å². The quantitative estimate of drug-likeness (QED) is 0.755. The Morgan fingerprint density at radius 2 is 2.28 bits per heavy atom. The van der Waals surface area contributed by atoms with E-state index in [0.29, 0.717) is 11.6 Å². The van der Waals surface area contributed by atoms with Crippen molar-refractivity contribution in [3.05, 3.63) is 23.8 Å². The molecule has 100 valence electrons. The second-order valence-corrected chi connectivity index (χ2v) is 6.23. The number of rotatable bonds is 4. The van der Waals surface area contributed by atoms with Crippen molar-refractivity contribution in [1.82, 2.24) is 5.32 Å². The highest BCUT2D eigenvalue weighted by Gasteiger charge is 2.15. The van der Waals surface area contributed by atoms with Gasteiger partial charge in [-0.2, -0.15) is 0 Å². The van der Waals surface area contributed by atoms with E-state index in [1.807, 2.05) is 6.07 Å². The lowest BCUT2D eigenvalue weighted by atomic mass is 10.2. The van der Waals surface area contributed by atoms with E-state index in [2.05, 4.69) is 10.6 Å². The summed E-state index contributed by atoms with van der Waals surface area (Å²) in [5.74, 6) is 0. The van der Waals surface area contributed by atoms with Crippen molar-refractivity contribution in [2.45, 2.75) is 30.7 Å². The smallest absolute Gasteiger partial charge is 0.238 e. The number of benzene rings is 1. The summed E-state index contributed by atoms with van der Waals surface area (Å²) in [6.45, 7) is 3.60. The van der Waals surface area contributed by atoms with Crippen LogP contribution in [-0.2, 0) is 10.0 Å². The van der Waals surface area contributed by atoms with Crippen LogP contribution >= 0.6 is 0 Å². The van der Waals surface area contributed by atoms with Crippen LogP contribution in [0.3, 0.4) is 0 Å².